The third kappa shape index (κ3) is 3.87. The van der Waals surface area contributed by atoms with Crippen molar-refractivity contribution in [3.05, 3.63) is 72.6 Å². The highest BCUT2D eigenvalue weighted by molar-refractivity contribution is 5.97. The molecule has 4 rings (SSSR count). The Hall–Kier alpha value is -3.74. The van der Waals surface area contributed by atoms with Crippen LogP contribution < -0.4 is 4.74 Å². The van der Waals surface area contributed by atoms with Crippen molar-refractivity contribution in [1.82, 2.24) is 19.9 Å². The lowest BCUT2D eigenvalue weighted by molar-refractivity contribution is 0.0537. The molecule has 0 radical (unpaired) electrons. The first kappa shape index (κ1) is 19.6. The highest BCUT2D eigenvalue weighted by atomic mass is 16.5. The minimum absolute atomic E-state index is 0.0540. The second-order valence-electron chi connectivity index (χ2n) is 7.02. The predicted octanol–water partition coefficient (Wildman–Crippen LogP) is 3.93. The van der Waals surface area contributed by atoms with Crippen LogP contribution in [0.15, 0.2) is 66.4 Å². The summed E-state index contributed by atoms with van der Waals surface area (Å²) in [6.07, 6.45) is 6.52. The molecule has 7 heteroatoms. The summed E-state index contributed by atoms with van der Waals surface area (Å²) < 4.78 is 6.26. The zero-order valence-corrected chi connectivity index (χ0v) is 16.6. The first-order valence-electron chi connectivity index (χ1n) is 9.85. The van der Waals surface area contributed by atoms with Crippen LogP contribution >= 0.6 is 0 Å². The van der Waals surface area contributed by atoms with Crippen LogP contribution in [-0.4, -0.2) is 51.7 Å². The molecular formula is C23H23N5O2. The number of nitrogens with zero attached hydrogens (tertiary/aromatic N) is 5. The van der Waals surface area contributed by atoms with E-state index in [-0.39, 0.29) is 12.0 Å². The van der Waals surface area contributed by atoms with E-state index in [0.717, 1.165) is 24.1 Å². The summed E-state index contributed by atoms with van der Waals surface area (Å²) in [5.41, 5.74) is 2.77. The van der Waals surface area contributed by atoms with Gasteiger partial charge >= 0.3 is 0 Å². The lowest BCUT2D eigenvalue weighted by Gasteiger charge is -2.33. The number of amides is 1. The maximum Gasteiger partial charge on any atom is 0.256 e. The van der Waals surface area contributed by atoms with Gasteiger partial charge in [-0.2, -0.15) is 15.0 Å². The molecule has 2 aromatic carbocycles. The molecule has 152 valence electrons. The number of carbonyl (C=O) groups is 1. The summed E-state index contributed by atoms with van der Waals surface area (Å²) in [4.78, 5) is 20.6. The standard InChI is InChI=1S/C23H23N5O2/c1-3-18-20(24-2)10-6-12-22(18)30-17-8-7-15-27(16-17)23(29)19-9-4-5-11-21(19)28-25-13-14-26-28/h3-6,9-14,17H,1-2,7-8,15-16H2. The summed E-state index contributed by atoms with van der Waals surface area (Å²) in [6.45, 7) is 8.66. The summed E-state index contributed by atoms with van der Waals surface area (Å²) in [7, 11) is 0. The van der Waals surface area contributed by atoms with Gasteiger partial charge in [0.15, 0.2) is 0 Å². The van der Waals surface area contributed by atoms with Crippen molar-refractivity contribution in [3.8, 4) is 11.4 Å². The highest BCUT2D eigenvalue weighted by Crippen LogP contribution is 2.31. The molecule has 0 aliphatic carbocycles. The van der Waals surface area contributed by atoms with Crippen molar-refractivity contribution in [1.29, 1.82) is 0 Å². The SMILES string of the molecule is C=Cc1c(N=C)cccc1OC1CCCN(C(=O)c2ccccc2-n2nccn2)C1. The van der Waals surface area contributed by atoms with Crippen molar-refractivity contribution < 1.29 is 9.53 Å². The summed E-state index contributed by atoms with van der Waals surface area (Å²) in [5, 5.41) is 8.34. The average molecular weight is 401 g/mol. The van der Waals surface area contributed by atoms with E-state index in [1.807, 2.05) is 41.3 Å². The quantitative estimate of drug-likeness (QED) is 0.587. The monoisotopic (exact) mass is 401 g/mol. The first-order chi connectivity index (χ1) is 14.7. The number of ether oxygens (including phenoxy) is 1. The Labute approximate surface area is 175 Å². The van der Waals surface area contributed by atoms with E-state index in [2.05, 4.69) is 28.5 Å². The van der Waals surface area contributed by atoms with Crippen LogP contribution in [0, 0.1) is 0 Å². The maximum atomic E-state index is 13.3. The van der Waals surface area contributed by atoms with Gasteiger partial charge < -0.3 is 9.64 Å². The van der Waals surface area contributed by atoms with E-state index in [4.69, 9.17) is 4.74 Å². The zero-order valence-electron chi connectivity index (χ0n) is 16.6. The van der Waals surface area contributed by atoms with E-state index < -0.39 is 0 Å². The Bertz CT molecular complexity index is 1060. The van der Waals surface area contributed by atoms with E-state index in [9.17, 15) is 4.79 Å². The van der Waals surface area contributed by atoms with Crippen LogP contribution in [0.5, 0.6) is 5.75 Å². The van der Waals surface area contributed by atoms with E-state index in [0.29, 0.717) is 30.1 Å². The van der Waals surface area contributed by atoms with E-state index in [1.54, 1.807) is 24.5 Å². The fourth-order valence-electron chi connectivity index (χ4n) is 3.72. The highest BCUT2D eigenvalue weighted by Gasteiger charge is 2.28. The molecule has 0 saturated carbocycles. The number of hydrogen-bond acceptors (Lipinski definition) is 5. The molecule has 2 heterocycles. The first-order valence-corrected chi connectivity index (χ1v) is 9.85. The molecule has 1 saturated heterocycles. The molecule has 0 N–H and O–H groups in total. The lowest BCUT2D eigenvalue weighted by atomic mass is 10.1. The summed E-state index contributed by atoms with van der Waals surface area (Å²) in [5.74, 6) is 0.650. The van der Waals surface area contributed by atoms with Gasteiger partial charge in [-0.25, -0.2) is 0 Å². The van der Waals surface area contributed by atoms with Gasteiger partial charge in [0.2, 0.25) is 0 Å². The van der Waals surface area contributed by atoms with Crippen LogP contribution in [0.2, 0.25) is 0 Å². The fourth-order valence-corrected chi connectivity index (χ4v) is 3.72. The minimum Gasteiger partial charge on any atom is -0.488 e. The fraction of sp³-hybridized carbons (Fsp3) is 0.217. The molecule has 1 unspecified atom stereocenters. The van der Waals surface area contributed by atoms with Crippen LogP contribution in [-0.2, 0) is 0 Å². The minimum atomic E-state index is -0.114. The van der Waals surface area contributed by atoms with Gasteiger partial charge in [-0.15, -0.1) is 0 Å². The molecule has 30 heavy (non-hydrogen) atoms. The van der Waals surface area contributed by atoms with Gasteiger partial charge in [-0.1, -0.05) is 30.9 Å². The molecule has 0 spiro atoms. The third-order valence-electron chi connectivity index (χ3n) is 5.15. The Balaban J connectivity index is 1.54. The maximum absolute atomic E-state index is 13.3. The van der Waals surface area contributed by atoms with Crippen molar-refractivity contribution in [2.45, 2.75) is 18.9 Å². The van der Waals surface area contributed by atoms with Gasteiger partial charge in [0, 0.05) is 12.1 Å². The third-order valence-corrected chi connectivity index (χ3v) is 5.15. The molecule has 1 aliphatic rings. The number of hydrogen-bond donors (Lipinski definition) is 0. The van der Waals surface area contributed by atoms with Crippen molar-refractivity contribution >= 4 is 24.4 Å². The number of carbonyl (C=O) groups excluding carboxylic acids is 1. The number of likely N-dealkylation sites (tertiary alicyclic amines) is 1. The van der Waals surface area contributed by atoms with Crippen LogP contribution in [0.3, 0.4) is 0 Å². The number of aromatic nitrogens is 3. The molecular weight excluding hydrogens is 378 g/mol. The van der Waals surface area contributed by atoms with E-state index >= 15 is 0 Å². The predicted molar refractivity (Wildman–Crippen MR) is 117 cm³/mol. The topological polar surface area (TPSA) is 72.6 Å². The summed E-state index contributed by atoms with van der Waals surface area (Å²) >= 11 is 0. The molecule has 3 aromatic rings. The van der Waals surface area contributed by atoms with Crippen molar-refractivity contribution in [3.63, 3.8) is 0 Å². The molecule has 1 aromatic heterocycles. The van der Waals surface area contributed by atoms with Gasteiger partial charge in [0.25, 0.3) is 5.91 Å². The average Bonchev–Trinajstić information content (AvgIpc) is 3.33. The Morgan fingerprint density at radius 2 is 1.97 bits per heavy atom. The van der Waals surface area contributed by atoms with Crippen molar-refractivity contribution in [2.75, 3.05) is 13.1 Å². The Morgan fingerprint density at radius 1 is 1.17 bits per heavy atom. The molecule has 1 aliphatic heterocycles. The molecule has 1 amide bonds. The summed E-state index contributed by atoms with van der Waals surface area (Å²) in [6, 6.07) is 13.0. The Morgan fingerprint density at radius 3 is 2.73 bits per heavy atom. The Kier molecular flexibility index (Phi) is 5.70. The normalized spacial score (nSPS) is 16.1. The van der Waals surface area contributed by atoms with Crippen LogP contribution in [0.1, 0.15) is 28.8 Å². The molecule has 1 atom stereocenters. The molecule has 0 bridgehead atoms. The van der Waals surface area contributed by atoms with Crippen LogP contribution in [0.25, 0.3) is 11.8 Å². The van der Waals surface area contributed by atoms with Gasteiger partial charge in [0.1, 0.15) is 11.9 Å². The largest absolute Gasteiger partial charge is 0.488 e. The van der Waals surface area contributed by atoms with Crippen LogP contribution in [0.4, 0.5) is 5.69 Å². The second kappa shape index (κ2) is 8.73. The number of piperidine rings is 1. The number of aliphatic imine (C=N–C) groups is 1. The molecule has 7 nitrogen and oxygen atoms in total. The van der Waals surface area contributed by atoms with Gasteiger partial charge in [0.05, 0.1) is 35.9 Å². The number of benzene rings is 2. The smallest absolute Gasteiger partial charge is 0.256 e. The van der Waals surface area contributed by atoms with Crippen molar-refractivity contribution in [2.24, 2.45) is 4.99 Å². The molecule has 1 fully saturated rings. The number of rotatable bonds is 6. The van der Waals surface area contributed by atoms with Gasteiger partial charge in [-0.05, 0) is 43.8 Å². The number of para-hydroxylation sites is 1. The zero-order chi connectivity index (χ0) is 20.9. The van der Waals surface area contributed by atoms with E-state index in [1.165, 1.54) is 4.80 Å². The second-order valence-corrected chi connectivity index (χ2v) is 7.02. The van der Waals surface area contributed by atoms with Gasteiger partial charge in [-0.3, -0.25) is 9.79 Å². The lowest BCUT2D eigenvalue weighted by Crippen LogP contribution is -2.44.